The van der Waals surface area contributed by atoms with Crippen LogP contribution in [0.15, 0.2) is 34.1 Å². The SMILES string of the molecule is CNc1cc([C@H]2CCCN2C(=O)c2c[nH]c(=O)[nH]c2=O)ccn1. The second-order valence-electron chi connectivity index (χ2n) is 5.37. The van der Waals surface area contributed by atoms with Gasteiger partial charge in [-0.15, -0.1) is 0 Å². The number of carbonyl (C=O) groups excluding carboxylic acids is 1. The van der Waals surface area contributed by atoms with Gasteiger partial charge < -0.3 is 15.2 Å². The average Bonchev–Trinajstić information content (AvgIpc) is 3.04. The molecule has 3 heterocycles. The molecule has 0 aliphatic carbocycles. The Bertz CT molecular complexity index is 841. The number of amides is 1. The van der Waals surface area contributed by atoms with Gasteiger partial charge in [-0.3, -0.25) is 14.6 Å². The van der Waals surface area contributed by atoms with Crippen molar-refractivity contribution in [2.45, 2.75) is 18.9 Å². The van der Waals surface area contributed by atoms with Gasteiger partial charge in [0.1, 0.15) is 11.4 Å². The summed E-state index contributed by atoms with van der Waals surface area (Å²) in [5.41, 5.74) is -0.386. The van der Waals surface area contributed by atoms with Gasteiger partial charge in [-0.05, 0) is 30.5 Å². The van der Waals surface area contributed by atoms with Crippen LogP contribution in [0.4, 0.5) is 5.82 Å². The summed E-state index contributed by atoms with van der Waals surface area (Å²) in [6.07, 6.45) is 4.54. The zero-order chi connectivity index (χ0) is 16.4. The summed E-state index contributed by atoms with van der Waals surface area (Å²) in [7, 11) is 1.78. The molecule has 120 valence electrons. The van der Waals surface area contributed by atoms with Gasteiger partial charge in [0, 0.05) is 26.0 Å². The molecule has 1 aliphatic heterocycles. The van der Waals surface area contributed by atoms with Gasteiger partial charge >= 0.3 is 5.69 Å². The molecular weight excluding hydrogens is 298 g/mol. The number of pyridine rings is 1. The number of hydrogen-bond donors (Lipinski definition) is 3. The van der Waals surface area contributed by atoms with Gasteiger partial charge in [0.25, 0.3) is 11.5 Å². The standard InChI is InChI=1S/C15H17N5O3/c1-16-12-7-9(4-5-17-12)11-3-2-6-20(11)14(22)10-8-18-15(23)19-13(10)21/h4-5,7-8,11H,2-3,6H2,1H3,(H,16,17)(H2,18,19,21,23)/t11-/m1/s1. The Labute approximate surface area is 131 Å². The lowest BCUT2D eigenvalue weighted by Gasteiger charge is -2.25. The molecule has 2 aromatic rings. The minimum absolute atomic E-state index is 0.0561. The predicted molar refractivity (Wildman–Crippen MR) is 84.5 cm³/mol. The van der Waals surface area contributed by atoms with Crippen molar-refractivity contribution >= 4 is 11.7 Å². The minimum atomic E-state index is -0.671. The Morgan fingerprint density at radius 1 is 1.43 bits per heavy atom. The summed E-state index contributed by atoms with van der Waals surface area (Å²) < 4.78 is 0. The number of hydrogen-bond acceptors (Lipinski definition) is 5. The van der Waals surface area contributed by atoms with E-state index in [9.17, 15) is 14.4 Å². The van der Waals surface area contributed by atoms with E-state index in [0.29, 0.717) is 6.54 Å². The van der Waals surface area contributed by atoms with E-state index in [4.69, 9.17) is 0 Å². The summed E-state index contributed by atoms with van der Waals surface area (Å²) >= 11 is 0. The highest BCUT2D eigenvalue weighted by molar-refractivity contribution is 5.94. The predicted octanol–water partition coefficient (Wildman–Crippen LogP) is 0.477. The van der Waals surface area contributed by atoms with Crippen molar-refractivity contribution in [3.05, 3.63) is 56.5 Å². The zero-order valence-electron chi connectivity index (χ0n) is 12.6. The highest BCUT2D eigenvalue weighted by Crippen LogP contribution is 2.33. The number of anilines is 1. The number of rotatable bonds is 3. The van der Waals surface area contributed by atoms with Crippen molar-refractivity contribution in [3.63, 3.8) is 0 Å². The molecule has 3 rings (SSSR count). The van der Waals surface area contributed by atoms with Gasteiger partial charge in [0.05, 0.1) is 6.04 Å². The number of carbonyl (C=O) groups is 1. The van der Waals surface area contributed by atoms with Gasteiger partial charge in [-0.1, -0.05) is 0 Å². The first-order valence-corrected chi connectivity index (χ1v) is 7.37. The summed E-state index contributed by atoms with van der Waals surface area (Å²) in [6, 6.07) is 3.66. The number of aromatic nitrogens is 3. The van der Waals surface area contributed by atoms with E-state index in [0.717, 1.165) is 24.2 Å². The Kier molecular flexibility index (Phi) is 3.96. The maximum absolute atomic E-state index is 12.7. The largest absolute Gasteiger partial charge is 0.373 e. The first-order valence-electron chi connectivity index (χ1n) is 7.37. The fourth-order valence-corrected chi connectivity index (χ4v) is 2.87. The monoisotopic (exact) mass is 315 g/mol. The summed E-state index contributed by atoms with van der Waals surface area (Å²) in [4.78, 5) is 45.9. The molecule has 0 unspecified atom stereocenters. The van der Waals surface area contributed by atoms with E-state index >= 15 is 0 Å². The van der Waals surface area contributed by atoms with Crippen LogP contribution in [0.5, 0.6) is 0 Å². The van der Waals surface area contributed by atoms with E-state index in [2.05, 4.69) is 20.3 Å². The zero-order valence-corrected chi connectivity index (χ0v) is 12.6. The van der Waals surface area contributed by atoms with Crippen LogP contribution < -0.4 is 16.6 Å². The quantitative estimate of drug-likeness (QED) is 0.763. The molecular formula is C15H17N5O3. The molecule has 1 fully saturated rings. The third-order valence-electron chi connectivity index (χ3n) is 3.99. The van der Waals surface area contributed by atoms with Crippen LogP contribution in [0, 0.1) is 0 Å². The first kappa shape index (κ1) is 15.0. The minimum Gasteiger partial charge on any atom is -0.373 e. The molecule has 2 aromatic heterocycles. The van der Waals surface area contributed by atoms with Crippen molar-refractivity contribution in [2.75, 3.05) is 18.9 Å². The smallest absolute Gasteiger partial charge is 0.325 e. The van der Waals surface area contributed by atoms with Gasteiger partial charge in [0.15, 0.2) is 0 Å². The fraction of sp³-hybridized carbons (Fsp3) is 0.333. The molecule has 8 nitrogen and oxygen atoms in total. The molecule has 1 atom stereocenters. The normalized spacial score (nSPS) is 17.3. The Hall–Kier alpha value is -2.90. The van der Waals surface area contributed by atoms with E-state index < -0.39 is 11.2 Å². The van der Waals surface area contributed by atoms with Crippen LogP contribution in [0.2, 0.25) is 0 Å². The number of nitrogens with zero attached hydrogens (tertiary/aromatic N) is 2. The molecule has 0 bridgehead atoms. The van der Waals surface area contributed by atoms with E-state index in [-0.39, 0.29) is 17.5 Å². The van der Waals surface area contributed by atoms with Crippen LogP contribution in [-0.2, 0) is 0 Å². The Morgan fingerprint density at radius 2 is 2.26 bits per heavy atom. The summed E-state index contributed by atoms with van der Waals surface area (Å²) in [5.74, 6) is 0.344. The van der Waals surface area contributed by atoms with Crippen molar-refractivity contribution < 1.29 is 4.79 Å². The maximum Gasteiger partial charge on any atom is 0.325 e. The van der Waals surface area contributed by atoms with Crippen LogP contribution in [-0.4, -0.2) is 39.4 Å². The van der Waals surface area contributed by atoms with E-state index in [1.165, 1.54) is 6.20 Å². The maximum atomic E-state index is 12.7. The van der Waals surface area contributed by atoms with Gasteiger partial charge in [0.2, 0.25) is 0 Å². The Balaban J connectivity index is 1.93. The lowest BCUT2D eigenvalue weighted by atomic mass is 10.1. The molecule has 1 amide bonds. The van der Waals surface area contributed by atoms with E-state index in [1.807, 2.05) is 12.1 Å². The third-order valence-corrected chi connectivity index (χ3v) is 3.99. The molecule has 0 saturated carbocycles. The second-order valence-corrected chi connectivity index (χ2v) is 5.37. The van der Waals surface area contributed by atoms with Crippen molar-refractivity contribution in [1.29, 1.82) is 0 Å². The van der Waals surface area contributed by atoms with Crippen molar-refractivity contribution in [1.82, 2.24) is 19.9 Å². The fourth-order valence-electron chi connectivity index (χ4n) is 2.87. The van der Waals surface area contributed by atoms with Crippen molar-refractivity contribution in [3.8, 4) is 0 Å². The molecule has 23 heavy (non-hydrogen) atoms. The number of likely N-dealkylation sites (tertiary alicyclic amines) is 1. The summed E-state index contributed by atoms with van der Waals surface area (Å²) in [6.45, 7) is 0.569. The third kappa shape index (κ3) is 2.87. The molecule has 8 heteroatoms. The molecule has 1 aliphatic rings. The lowest BCUT2D eigenvalue weighted by Crippen LogP contribution is -2.36. The first-order chi connectivity index (χ1) is 11.1. The second kappa shape index (κ2) is 6.07. The van der Waals surface area contributed by atoms with Gasteiger partial charge in [-0.25, -0.2) is 9.78 Å². The molecule has 0 spiro atoms. The molecule has 1 saturated heterocycles. The van der Waals surface area contributed by atoms with Crippen LogP contribution in [0.1, 0.15) is 34.8 Å². The van der Waals surface area contributed by atoms with Crippen LogP contribution in [0.25, 0.3) is 0 Å². The Morgan fingerprint density at radius 3 is 3.00 bits per heavy atom. The van der Waals surface area contributed by atoms with Crippen LogP contribution >= 0.6 is 0 Å². The highest BCUT2D eigenvalue weighted by atomic mass is 16.2. The molecule has 3 N–H and O–H groups in total. The number of nitrogens with one attached hydrogen (secondary N) is 3. The molecule has 0 radical (unpaired) electrons. The topological polar surface area (TPSA) is 111 Å². The number of H-pyrrole nitrogens is 2. The van der Waals surface area contributed by atoms with Gasteiger partial charge in [-0.2, -0.15) is 0 Å². The van der Waals surface area contributed by atoms with E-state index in [1.54, 1.807) is 18.1 Å². The summed E-state index contributed by atoms with van der Waals surface area (Å²) in [5, 5.41) is 2.97. The lowest BCUT2D eigenvalue weighted by molar-refractivity contribution is 0.0733. The number of aromatic amines is 2. The average molecular weight is 315 g/mol. The van der Waals surface area contributed by atoms with Crippen molar-refractivity contribution in [2.24, 2.45) is 0 Å². The highest BCUT2D eigenvalue weighted by Gasteiger charge is 2.32. The molecule has 0 aromatic carbocycles. The van der Waals surface area contributed by atoms with Crippen LogP contribution in [0.3, 0.4) is 0 Å².